The van der Waals surface area contributed by atoms with Crippen LogP contribution in [0.15, 0.2) is 97.2 Å². The number of amides is 2. The Morgan fingerprint density at radius 2 is 1.59 bits per heavy atom. The maximum atomic E-state index is 14.5. The van der Waals surface area contributed by atoms with E-state index in [0.29, 0.717) is 26.2 Å². The summed E-state index contributed by atoms with van der Waals surface area (Å²) < 4.78 is 22.0. The molecular weight excluding hydrogens is 517 g/mol. The molecule has 1 aromatic heterocycles. The van der Waals surface area contributed by atoms with Crippen molar-refractivity contribution in [3.63, 3.8) is 0 Å². The highest BCUT2D eigenvalue weighted by atomic mass is 19.1. The molecule has 0 bridgehead atoms. The average Bonchev–Trinajstić information content (AvgIpc) is 3.43. The summed E-state index contributed by atoms with van der Waals surface area (Å²) in [6.07, 6.45) is 4.63. The number of benzene rings is 3. The molecule has 0 atom stereocenters. The van der Waals surface area contributed by atoms with Gasteiger partial charge in [0.05, 0.1) is 19.2 Å². The molecule has 2 amide bonds. The van der Waals surface area contributed by atoms with E-state index in [1.54, 1.807) is 24.1 Å². The SMILES string of the molecule is CCCCCN(CC(=O)N(Cc1ccccc1)Cc1cccn1Cc1cccc(OC)c1)C(=O)c1ccccc1F. The van der Waals surface area contributed by atoms with Crippen LogP contribution in [-0.2, 0) is 24.4 Å². The van der Waals surface area contributed by atoms with Gasteiger partial charge in [-0.2, -0.15) is 0 Å². The quantitative estimate of drug-likeness (QED) is 0.166. The second kappa shape index (κ2) is 14.8. The first-order valence-electron chi connectivity index (χ1n) is 14.1. The van der Waals surface area contributed by atoms with Crippen LogP contribution < -0.4 is 4.74 Å². The topological polar surface area (TPSA) is 54.8 Å². The van der Waals surface area contributed by atoms with E-state index in [9.17, 15) is 14.0 Å². The maximum absolute atomic E-state index is 14.5. The van der Waals surface area contributed by atoms with Gasteiger partial charge in [0, 0.05) is 31.5 Å². The molecule has 214 valence electrons. The highest BCUT2D eigenvalue weighted by Gasteiger charge is 2.25. The van der Waals surface area contributed by atoms with Crippen LogP contribution in [0.25, 0.3) is 0 Å². The molecule has 0 spiro atoms. The fraction of sp³-hybridized carbons (Fsp3) is 0.294. The Bertz CT molecular complexity index is 1420. The zero-order chi connectivity index (χ0) is 29.0. The third kappa shape index (κ3) is 8.30. The summed E-state index contributed by atoms with van der Waals surface area (Å²) >= 11 is 0. The molecule has 41 heavy (non-hydrogen) atoms. The van der Waals surface area contributed by atoms with E-state index in [1.807, 2.05) is 72.9 Å². The normalized spacial score (nSPS) is 10.8. The molecular formula is C34H38FN3O3. The Labute approximate surface area is 242 Å². The van der Waals surface area contributed by atoms with Gasteiger partial charge in [-0.05, 0) is 53.9 Å². The molecule has 0 aliphatic carbocycles. The zero-order valence-corrected chi connectivity index (χ0v) is 23.8. The highest BCUT2D eigenvalue weighted by molar-refractivity contribution is 5.96. The minimum atomic E-state index is -0.582. The molecule has 7 heteroatoms. The predicted molar refractivity (Wildman–Crippen MR) is 159 cm³/mol. The Balaban J connectivity index is 1.57. The zero-order valence-electron chi connectivity index (χ0n) is 23.8. The van der Waals surface area contributed by atoms with Gasteiger partial charge in [0.1, 0.15) is 18.1 Å². The standard InChI is InChI=1S/C34H38FN3O3/c1-3-4-10-20-37(34(40)31-18-8-9-19-32(31)35)26-33(39)38(23-27-13-6-5-7-14-27)25-29-16-12-21-36(29)24-28-15-11-17-30(22-28)41-2/h5-9,11-19,21-22H,3-4,10,20,23-26H2,1-2H3. The number of ether oxygens (including phenoxy) is 1. The first-order valence-corrected chi connectivity index (χ1v) is 14.1. The lowest BCUT2D eigenvalue weighted by atomic mass is 10.1. The Morgan fingerprint density at radius 3 is 2.34 bits per heavy atom. The summed E-state index contributed by atoms with van der Waals surface area (Å²) in [4.78, 5) is 30.6. The number of hydrogen-bond acceptors (Lipinski definition) is 3. The van der Waals surface area contributed by atoms with E-state index >= 15 is 0 Å². The molecule has 1 heterocycles. The number of nitrogens with zero attached hydrogens (tertiary/aromatic N) is 3. The van der Waals surface area contributed by atoms with Gasteiger partial charge in [0.25, 0.3) is 5.91 Å². The lowest BCUT2D eigenvalue weighted by molar-refractivity contribution is -0.133. The number of carbonyl (C=O) groups is 2. The van der Waals surface area contributed by atoms with Gasteiger partial charge in [0.2, 0.25) is 5.91 Å². The molecule has 0 saturated carbocycles. The van der Waals surface area contributed by atoms with Crippen molar-refractivity contribution in [2.24, 2.45) is 0 Å². The molecule has 0 N–H and O–H groups in total. The Hall–Kier alpha value is -4.39. The predicted octanol–water partition coefficient (Wildman–Crippen LogP) is 6.55. The molecule has 0 aliphatic heterocycles. The van der Waals surface area contributed by atoms with Gasteiger partial charge in [-0.1, -0.05) is 74.4 Å². The van der Waals surface area contributed by atoms with E-state index in [-0.39, 0.29) is 18.0 Å². The van der Waals surface area contributed by atoms with Crippen molar-refractivity contribution < 1.29 is 18.7 Å². The van der Waals surface area contributed by atoms with Crippen molar-refractivity contribution in [3.05, 3.63) is 125 Å². The Morgan fingerprint density at radius 1 is 0.829 bits per heavy atom. The fourth-order valence-corrected chi connectivity index (χ4v) is 4.82. The van der Waals surface area contributed by atoms with Gasteiger partial charge in [-0.3, -0.25) is 9.59 Å². The number of halogens is 1. The van der Waals surface area contributed by atoms with Crippen LogP contribution >= 0.6 is 0 Å². The summed E-state index contributed by atoms with van der Waals surface area (Å²) in [5.74, 6) is -0.445. The molecule has 4 aromatic rings. The largest absolute Gasteiger partial charge is 0.497 e. The highest BCUT2D eigenvalue weighted by Crippen LogP contribution is 2.18. The van der Waals surface area contributed by atoms with Crippen molar-refractivity contribution in [1.29, 1.82) is 0 Å². The van der Waals surface area contributed by atoms with Crippen LogP contribution in [-0.4, -0.2) is 46.4 Å². The van der Waals surface area contributed by atoms with Crippen molar-refractivity contribution in [2.75, 3.05) is 20.2 Å². The number of hydrogen-bond donors (Lipinski definition) is 0. The van der Waals surface area contributed by atoms with Crippen LogP contribution in [0.1, 0.15) is 53.4 Å². The van der Waals surface area contributed by atoms with Gasteiger partial charge in [-0.25, -0.2) is 4.39 Å². The first kappa shape index (κ1) is 29.6. The molecule has 0 unspecified atom stereocenters. The molecule has 6 nitrogen and oxygen atoms in total. The molecule has 4 rings (SSSR count). The number of rotatable bonds is 14. The summed E-state index contributed by atoms with van der Waals surface area (Å²) in [6, 6.07) is 27.6. The molecule has 0 radical (unpaired) electrons. The number of aromatic nitrogens is 1. The molecule has 0 aliphatic rings. The lowest BCUT2D eigenvalue weighted by Gasteiger charge is -2.28. The summed E-state index contributed by atoms with van der Waals surface area (Å²) in [7, 11) is 1.65. The number of methoxy groups -OCH3 is 1. The van der Waals surface area contributed by atoms with Crippen molar-refractivity contribution in [3.8, 4) is 5.75 Å². The third-order valence-corrected chi connectivity index (χ3v) is 7.08. The van der Waals surface area contributed by atoms with Crippen LogP contribution in [0.3, 0.4) is 0 Å². The fourth-order valence-electron chi connectivity index (χ4n) is 4.82. The maximum Gasteiger partial charge on any atom is 0.257 e. The number of unbranched alkanes of at least 4 members (excludes halogenated alkanes) is 2. The average molecular weight is 556 g/mol. The van der Waals surface area contributed by atoms with Crippen LogP contribution in [0.2, 0.25) is 0 Å². The van der Waals surface area contributed by atoms with Crippen molar-refractivity contribution in [2.45, 2.75) is 45.8 Å². The summed E-state index contributed by atoms with van der Waals surface area (Å²) in [5, 5.41) is 0. The smallest absolute Gasteiger partial charge is 0.257 e. The van der Waals surface area contributed by atoms with Crippen molar-refractivity contribution >= 4 is 11.8 Å². The molecule has 3 aromatic carbocycles. The van der Waals surface area contributed by atoms with E-state index in [2.05, 4.69) is 11.5 Å². The van der Waals surface area contributed by atoms with E-state index in [1.165, 1.54) is 17.0 Å². The van der Waals surface area contributed by atoms with Crippen molar-refractivity contribution in [1.82, 2.24) is 14.4 Å². The molecule has 0 saturated heterocycles. The van der Waals surface area contributed by atoms with Crippen LogP contribution in [0, 0.1) is 5.82 Å². The first-order chi connectivity index (χ1) is 20.0. The monoisotopic (exact) mass is 555 g/mol. The summed E-state index contributed by atoms with van der Waals surface area (Å²) in [6.45, 7) is 3.72. The lowest BCUT2D eigenvalue weighted by Crippen LogP contribution is -2.43. The van der Waals surface area contributed by atoms with Crippen LogP contribution in [0.5, 0.6) is 5.75 Å². The van der Waals surface area contributed by atoms with E-state index in [4.69, 9.17) is 4.74 Å². The second-order valence-electron chi connectivity index (χ2n) is 10.1. The van der Waals surface area contributed by atoms with E-state index in [0.717, 1.165) is 41.8 Å². The number of carbonyl (C=O) groups excluding carboxylic acids is 2. The summed E-state index contributed by atoms with van der Waals surface area (Å²) in [5.41, 5.74) is 3.03. The van der Waals surface area contributed by atoms with Gasteiger partial charge < -0.3 is 19.1 Å². The minimum Gasteiger partial charge on any atom is -0.497 e. The van der Waals surface area contributed by atoms with Crippen LogP contribution in [0.4, 0.5) is 4.39 Å². The van der Waals surface area contributed by atoms with Gasteiger partial charge in [0.15, 0.2) is 0 Å². The second-order valence-corrected chi connectivity index (χ2v) is 10.1. The Kier molecular flexibility index (Phi) is 10.7. The van der Waals surface area contributed by atoms with Gasteiger partial charge >= 0.3 is 0 Å². The molecule has 0 fully saturated rings. The third-order valence-electron chi connectivity index (χ3n) is 7.08. The minimum absolute atomic E-state index is 0.0152. The van der Waals surface area contributed by atoms with E-state index < -0.39 is 11.7 Å². The van der Waals surface area contributed by atoms with Gasteiger partial charge in [-0.15, -0.1) is 0 Å².